The molecule has 0 spiro atoms. The van der Waals surface area contributed by atoms with Gasteiger partial charge in [0.1, 0.15) is 0 Å². The minimum Gasteiger partial charge on any atom is -0.468 e. The van der Waals surface area contributed by atoms with Gasteiger partial charge < -0.3 is 9.47 Å². The van der Waals surface area contributed by atoms with E-state index in [0.717, 1.165) is 19.4 Å². The number of hydrogen-bond acceptors (Lipinski definition) is 3. The zero-order valence-electron chi connectivity index (χ0n) is 6.62. The largest absolute Gasteiger partial charge is 0.468 e. The lowest BCUT2D eigenvalue weighted by molar-refractivity contribution is -0.128. The summed E-state index contributed by atoms with van der Waals surface area (Å²) in [6, 6.07) is 0. The summed E-state index contributed by atoms with van der Waals surface area (Å²) in [5, 5.41) is 0. The highest BCUT2D eigenvalue weighted by molar-refractivity contribution is 5.36. The SMILES string of the molecule is O=COCCC[C@H]1CCCO1. The van der Waals surface area contributed by atoms with Crippen molar-refractivity contribution in [2.24, 2.45) is 0 Å². The van der Waals surface area contributed by atoms with Crippen molar-refractivity contribution < 1.29 is 14.3 Å². The van der Waals surface area contributed by atoms with E-state index in [1.807, 2.05) is 0 Å². The molecule has 0 amide bonds. The quantitative estimate of drug-likeness (QED) is 0.444. The summed E-state index contributed by atoms with van der Waals surface area (Å²) in [6.07, 6.45) is 4.71. The summed E-state index contributed by atoms with van der Waals surface area (Å²) >= 11 is 0. The highest BCUT2D eigenvalue weighted by Crippen LogP contribution is 2.16. The summed E-state index contributed by atoms with van der Waals surface area (Å²) in [6.45, 7) is 1.93. The lowest BCUT2D eigenvalue weighted by atomic mass is 10.1. The Balaban J connectivity index is 1.89. The van der Waals surface area contributed by atoms with Crippen LogP contribution < -0.4 is 0 Å². The monoisotopic (exact) mass is 158 g/mol. The first-order valence-electron chi connectivity index (χ1n) is 4.10. The third-order valence-corrected chi connectivity index (χ3v) is 1.88. The van der Waals surface area contributed by atoms with Crippen LogP contribution in [0.3, 0.4) is 0 Å². The van der Waals surface area contributed by atoms with Gasteiger partial charge >= 0.3 is 0 Å². The van der Waals surface area contributed by atoms with Crippen LogP contribution in [0.1, 0.15) is 25.7 Å². The van der Waals surface area contributed by atoms with E-state index in [9.17, 15) is 4.79 Å². The van der Waals surface area contributed by atoms with Crippen LogP contribution in [-0.4, -0.2) is 25.8 Å². The van der Waals surface area contributed by atoms with Gasteiger partial charge in [0, 0.05) is 6.61 Å². The second-order valence-corrected chi connectivity index (χ2v) is 2.74. The molecule has 1 aliphatic rings. The molecule has 11 heavy (non-hydrogen) atoms. The van der Waals surface area contributed by atoms with Gasteiger partial charge in [0.2, 0.25) is 0 Å². The zero-order valence-corrected chi connectivity index (χ0v) is 6.62. The van der Waals surface area contributed by atoms with Crippen molar-refractivity contribution in [2.45, 2.75) is 31.8 Å². The van der Waals surface area contributed by atoms with Crippen LogP contribution in [0.25, 0.3) is 0 Å². The second-order valence-electron chi connectivity index (χ2n) is 2.74. The van der Waals surface area contributed by atoms with E-state index in [-0.39, 0.29) is 0 Å². The first-order valence-corrected chi connectivity index (χ1v) is 4.10. The van der Waals surface area contributed by atoms with E-state index in [2.05, 4.69) is 4.74 Å². The number of ether oxygens (including phenoxy) is 2. The smallest absolute Gasteiger partial charge is 0.293 e. The predicted octanol–water partition coefficient (Wildman–Crippen LogP) is 1.12. The summed E-state index contributed by atoms with van der Waals surface area (Å²) in [4.78, 5) is 9.75. The Kier molecular flexibility index (Phi) is 3.98. The molecule has 0 aliphatic carbocycles. The maximum absolute atomic E-state index is 9.75. The highest BCUT2D eigenvalue weighted by Gasteiger charge is 2.14. The summed E-state index contributed by atoms with van der Waals surface area (Å²) < 4.78 is 9.95. The van der Waals surface area contributed by atoms with Gasteiger partial charge in [0.05, 0.1) is 12.7 Å². The Morgan fingerprint density at radius 2 is 2.55 bits per heavy atom. The van der Waals surface area contributed by atoms with Gasteiger partial charge in [-0.05, 0) is 25.7 Å². The summed E-state index contributed by atoms with van der Waals surface area (Å²) in [5.41, 5.74) is 0. The average Bonchev–Trinajstić information content (AvgIpc) is 2.50. The van der Waals surface area contributed by atoms with Crippen molar-refractivity contribution >= 4 is 6.47 Å². The number of carbonyl (C=O) groups excluding carboxylic acids is 1. The van der Waals surface area contributed by atoms with Gasteiger partial charge in [-0.25, -0.2) is 0 Å². The minimum absolute atomic E-state index is 0.422. The molecule has 3 heteroatoms. The molecule has 0 radical (unpaired) electrons. The molecular weight excluding hydrogens is 144 g/mol. The summed E-state index contributed by atoms with van der Waals surface area (Å²) in [5.74, 6) is 0. The van der Waals surface area contributed by atoms with Crippen LogP contribution in [0.2, 0.25) is 0 Å². The fourth-order valence-electron chi connectivity index (χ4n) is 1.31. The van der Waals surface area contributed by atoms with Gasteiger partial charge in [-0.2, -0.15) is 0 Å². The van der Waals surface area contributed by atoms with Crippen LogP contribution in [0.4, 0.5) is 0 Å². The molecule has 0 bridgehead atoms. The molecule has 1 fully saturated rings. The predicted molar refractivity (Wildman–Crippen MR) is 40.2 cm³/mol. The van der Waals surface area contributed by atoms with Crippen molar-refractivity contribution in [3.8, 4) is 0 Å². The van der Waals surface area contributed by atoms with Crippen molar-refractivity contribution in [3.63, 3.8) is 0 Å². The Morgan fingerprint density at radius 1 is 1.64 bits per heavy atom. The van der Waals surface area contributed by atoms with Crippen LogP contribution in [0.15, 0.2) is 0 Å². The van der Waals surface area contributed by atoms with Crippen LogP contribution in [-0.2, 0) is 14.3 Å². The maximum Gasteiger partial charge on any atom is 0.293 e. The van der Waals surface area contributed by atoms with Gasteiger partial charge in [-0.1, -0.05) is 0 Å². The molecule has 64 valence electrons. The number of hydrogen-bond donors (Lipinski definition) is 0. The first kappa shape index (κ1) is 8.53. The number of rotatable bonds is 5. The van der Waals surface area contributed by atoms with Crippen molar-refractivity contribution in [2.75, 3.05) is 13.2 Å². The maximum atomic E-state index is 9.75. The zero-order chi connectivity index (χ0) is 7.94. The van der Waals surface area contributed by atoms with Crippen molar-refractivity contribution in [1.82, 2.24) is 0 Å². The molecule has 0 aromatic rings. The molecule has 0 aromatic heterocycles. The minimum atomic E-state index is 0.422. The van der Waals surface area contributed by atoms with Gasteiger partial charge in [-0.3, -0.25) is 4.79 Å². The van der Waals surface area contributed by atoms with Gasteiger partial charge in [-0.15, -0.1) is 0 Å². The van der Waals surface area contributed by atoms with E-state index < -0.39 is 0 Å². The third kappa shape index (κ3) is 3.37. The second kappa shape index (κ2) is 5.13. The lowest BCUT2D eigenvalue weighted by Gasteiger charge is -2.07. The Hall–Kier alpha value is -0.570. The van der Waals surface area contributed by atoms with Gasteiger partial charge in [0.25, 0.3) is 6.47 Å². The Morgan fingerprint density at radius 3 is 3.18 bits per heavy atom. The van der Waals surface area contributed by atoms with Gasteiger partial charge in [0.15, 0.2) is 0 Å². The highest BCUT2D eigenvalue weighted by atomic mass is 16.5. The van der Waals surface area contributed by atoms with E-state index in [0.29, 0.717) is 19.2 Å². The molecule has 3 nitrogen and oxygen atoms in total. The molecule has 1 aliphatic heterocycles. The summed E-state index contributed by atoms with van der Waals surface area (Å²) in [7, 11) is 0. The van der Waals surface area contributed by atoms with E-state index >= 15 is 0 Å². The number of carbonyl (C=O) groups is 1. The Labute approximate surface area is 66.7 Å². The molecular formula is C8H14O3. The molecule has 0 N–H and O–H groups in total. The van der Waals surface area contributed by atoms with E-state index in [1.165, 1.54) is 12.8 Å². The Bertz CT molecular complexity index is 108. The molecule has 1 saturated heterocycles. The lowest BCUT2D eigenvalue weighted by Crippen LogP contribution is -2.06. The molecule has 1 rings (SSSR count). The molecule has 0 saturated carbocycles. The normalized spacial score (nSPS) is 23.5. The molecule has 0 unspecified atom stereocenters. The average molecular weight is 158 g/mol. The van der Waals surface area contributed by atoms with Crippen LogP contribution in [0.5, 0.6) is 0 Å². The fraction of sp³-hybridized carbons (Fsp3) is 0.875. The topological polar surface area (TPSA) is 35.5 Å². The first-order chi connectivity index (χ1) is 5.43. The molecule has 0 aromatic carbocycles. The van der Waals surface area contributed by atoms with Crippen LogP contribution >= 0.6 is 0 Å². The van der Waals surface area contributed by atoms with Crippen LogP contribution in [0, 0.1) is 0 Å². The van der Waals surface area contributed by atoms with Crippen molar-refractivity contribution in [3.05, 3.63) is 0 Å². The fourth-order valence-corrected chi connectivity index (χ4v) is 1.31. The van der Waals surface area contributed by atoms with Crippen molar-refractivity contribution in [1.29, 1.82) is 0 Å². The molecule has 1 atom stereocenters. The standard InChI is InChI=1S/C8H14O3/c9-7-10-5-1-3-8-4-2-6-11-8/h7-8H,1-6H2/t8-/m0/s1. The van der Waals surface area contributed by atoms with E-state index in [4.69, 9.17) is 4.74 Å². The third-order valence-electron chi connectivity index (χ3n) is 1.88. The van der Waals surface area contributed by atoms with E-state index in [1.54, 1.807) is 0 Å². The molecule has 1 heterocycles.